The summed E-state index contributed by atoms with van der Waals surface area (Å²) in [5.74, 6) is 1.43. The number of piperidine rings is 2. The lowest BCUT2D eigenvalue weighted by atomic mass is 9.95. The number of carbonyl (C=O) groups is 1. The fraction of sp³-hybridized carbons (Fsp3) is 0.688. The van der Waals surface area contributed by atoms with Gasteiger partial charge in [0.15, 0.2) is 0 Å². The third-order valence-electron chi connectivity index (χ3n) is 4.81. The van der Waals surface area contributed by atoms with Crippen LogP contribution in [0.5, 0.6) is 0 Å². The molecule has 1 aromatic heterocycles. The number of hydrogen-bond acceptors (Lipinski definition) is 5. The van der Waals surface area contributed by atoms with E-state index in [0.29, 0.717) is 5.92 Å². The van der Waals surface area contributed by atoms with Crippen LogP contribution in [-0.4, -0.2) is 42.1 Å². The van der Waals surface area contributed by atoms with E-state index in [4.69, 9.17) is 5.73 Å². The van der Waals surface area contributed by atoms with Crippen LogP contribution in [0.15, 0.2) is 12.4 Å². The first-order chi connectivity index (χ1) is 10.7. The Balaban J connectivity index is 1.54. The van der Waals surface area contributed by atoms with Crippen molar-refractivity contribution >= 4 is 11.7 Å². The number of anilines is 1. The summed E-state index contributed by atoms with van der Waals surface area (Å²) < 4.78 is 0. The lowest BCUT2D eigenvalue weighted by Crippen LogP contribution is -2.39. The number of nitrogens with zero attached hydrogens (tertiary/aromatic N) is 3. The largest absolute Gasteiger partial charge is 0.369 e. The van der Waals surface area contributed by atoms with Crippen LogP contribution in [0.3, 0.4) is 0 Å². The maximum atomic E-state index is 11.2. The smallest absolute Gasteiger partial charge is 0.220 e. The molecule has 22 heavy (non-hydrogen) atoms. The Morgan fingerprint density at radius 1 is 1.27 bits per heavy atom. The third kappa shape index (κ3) is 3.74. The Bertz CT molecular complexity index is 490. The van der Waals surface area contributed by atoms with Crippen molar-refractivity contribution in [2.75, 3.05) is 31.1 Å². The molecule has 1 amide bonds. The molecule has 0 aliphatic carbocycles. The quantitative estimate of drug-likeness (QED) is 0.856. The molecular weight excluding hydrogens is 278 g/mol. The van der Waals surface area contributed by atoms with Gasteiger partial charge in [0, 0.05) is 19.0 Å². The molecule has 3 rings (SSSR count). The second-order valence-electron chi connectivity index (χ2n) is 6.45. The normalized spacial score (nSPS) is 23.5. The molecule has 0 saturated carbocycles. The maximum absolute atomic E-state index is 11.2. The summed E-state index contributed by atoms with van der Waals surface area (Å²) in [7, 11) is 0. The van der Waals surface area contributed by atoms with E-state index in [1.165, 1.54) is 12.8 Å². The predicted octanol–water partition coefficient (Wildman–Crippen LogP) is 0.720. The second-order valence-corrected chi connectivity index (χ2v) is 6.45. The second kappa shape index (κ2) is 7.05. The van der Waals surface area contributed by atoms with Gasteiger partial charge < -0.3 is 16.0 Å². The molecule has 0 unspecified atom stereocenters. The van der Waals surface area contributed by atoms with Gasteiger partial charge in [0.2, 0.25) is 5.91 Å². The van der Waals surface area contributed by atoms with Gasteiger partial charge in [0.05, 0.1) is 18.1 Å². The molecule has 3 heterocycles. The lowest BCUT2D eigenvalue weighted by Gasteiger charge is -2.31. The summed E-state index contributed by atoms with van der Waals surface area (Å²) in [5, 5.41) is 3.44. The van der Waals surface area contributed by atoms with Crippen molar-refractivity contribution < 1.29 is 4.79 Å². The molecule has 1 aromatic rings. The van der Waals surface area contributed by atoms with Gasteiger partial charge in [-0.2, -0.15) is 0 Å². The van der Waals surface area contributed by atoms with E-state index in [1.807, 2.05) is 12.4 Å². The highest BCUT2D eigenvalue weighted by atomic mass is 16.1. The number of carbonyl (C=O) groups excluding carboxylic acids is 1. The van der Waals surface area contributed by atoms with Crippen molar-refractivity contribution in [2.45, 2.75) is 32.1 Å². The van der Waals surface area contributed by atoms with Gasteiger partial charge in [-0.15, -0.1) is 0 Å². The van der Waals surface area contributed by atoms with Crippen molar-refractivity contribution in [1.29, 1.82) is 0 Å². The fourth-order valence-corrected chi connectivity index (χ4v) is 3.40. The molecule has 2 saturated heterocycles. The highest BCUT2D eigenvalue weighted by Crippen LogP contribution is 2.21. The first kappa shape index (κ1) is 15.2. The van der Waals surface area contributed by atoms with Crippen molar-refractivity contribution in [3.05, 3.63) is 18.1 Å². The van der Waals surface area contributed by atoms with E-state index in [-0.39, 0.29) is 11.8 Å². The summed E-state index contributed by atoms with van der Waals surface area (Å²) in [6.45, 7) is 3.88. The molecule has 6 nitrogen and oxygen atoms in total. The predicted molar refractivity (Wildman–Crippen MR) is 85.5 cm³/mol. The molecular formula is C16H25N5O. The Hall–Kier alpha value is -1.69. The van der Waals surface area contributed by atoms with Crippen LogP contribution in [0.2, 0.25) is 0 Å². The molecule has 2 fully saturated rings. The molecule has 3 N–H and O–H groups in total. The molecule has 0 bridgehead atoms. The Morgan fingerprint density at radius 3 is 2.68 bits per heavy atom. The zero-order valence-corrected chi connectivity index (χ0v) is 13.0. The van der Waals surface area contributed by atoms with E-state index in [2.05, 4.69) is 20.2 Å². The average molecular weight is 303 g/mol. The number of primary amides is 1. The molecule has 2 aliphatic heterocycles. The van der Waals surface area contributed by atoms with Crippen LogP contribution in [0.4, 0.5) is 5.82 Å². The highest BCUT2D eigenvalue weighted by molar-refractivity contribution is 5.76. The number of nitrogens with two attached hydrogens (primary N) is 1. The number of aromatic nitrogens is 2. The molecule has 120 valence electrons. The molecule has 2 aliphatic rings. The van der Waals surface area contributed by atoms with Crippen molar-refractivity contribution in [3.8, 4) is 0 Å². The van der Waals surface area contributed by atoms with Gasteiger partial charge in [-0.3, -0.25) is 9.78 Å². The van der Waals surface area contributed by atoms with Crippen LogP contribution in [-0.2, 0) is 11.2 Å². The van der Waals surface area contributed by atoms with Crippen LogP contribution < -0.4 is 16.0 Å². The summed E-state index contributed by atoms with van der Waals surface area (Å²) in [4.78, 5) is 22.5. The minimum atomic E-state index is -0.179. The van der Waals surface area contributed by atoms with Crippen molar-refractivity contribution in [3.63, 3.8) is 0 Å². The molecule has 0 spiro atoms. The van der Waals surface area contributed by atoms with Crippen LogP contribution >= 0.6 is 0 Å². The first-order valence-corrected chi connectivity index (χ1v) is 8.28. The summed E-state index contributed by atoms with van der Waals surface area (Å²) >= 11 is 0. The summed E-state index contributed by atoms with van der Waals surface area (Å²) in [6, 6.07) is 0. The first-order valence-electron chi connectivity index (χ1n) is 8.28. The van der Waals surface area contributed by atoms with E-state index in [9.17, 15) is 4.79 Å². The maximum Gasteiger partial charge on any atom is 0.220 e. The van der Waals surface area contributed by atoms with E-state index >= 15 is 0 Å². The third-order valence-corrected chi connectivity index (χ3v) is 4.81. The van der Waals surface area contributed by atoms with Gasteiger partial charge in [-0.1, -0.05) is 0 Å². The van der Waals surface area contributed by atoms with Gasteiger partial charge in [0.1, 0.15) is 5.82 Å². The van der Waals surface area contributed by atoms with Crippen LogP contribution in [0.25, 0.3) is 0 Å². The Kier molecular flexibility index (Phi) is 4.87. The number of nitrogens with one attached hydrogen (secondary N) is 1. The standard InChI is InChI=1S/C16H25N5O/c17-16(22)13-3-6-21(7-4-13)15-11-19-14(10-20-15)8-12-2-1-5-18-9-12/h10-13,18H,1-9H2,(H2,17,22)/t12-/m0/s1. The number of rotatable bonds is 4. The van der Waals surface area contributed by atoms with Gasteiger partial charge >= 0.3 is 0 Å². The summed E-state index contributed by atoms with van der Waals surface area (Å²) in [6.07, 6.45) is 8.94. The van der Waals surface area contributed by atoms with Crippen molar-refractivity contribution in [1.82, 2.24) is 15.3 Å². The van der Waals surface area contributed by atoms with Crippen molar-refractivity contribution in [2.24, 2.45) is 17.6 Å². The molecule has 0 aromatic carbocycles. The SMILES string of the molecule is NC(=O)C1CCN(c2cnc(C[C@@H]3CCCNC3)cn2)CC1. The zero-order chi connectivity index (χ0) is 15.4. The summed E-state index contributed by atoms with van der Waals surface area (Å²) in [5.41, 5.74) is 6.44. The number of hydrogen-bond donors (Lipinski definition) is 2. The monoisotopic (exact) mass is 303 g/mol. The zero-order valence-electron chi connectivity index (χ0n) is 13.0. The van der Waals surface area contributed by atoms with E-state index in [1.54, 1.807) is 0 Å². The topological polar surface area (TPSA) is 84.1 Å². The fourth-order valence-electron chi connectivity index (χ4n) is 3.40. The minimum absolute atomic E-state index is 0.0160. The van der Waals surface area contributed by atoms with Crippen LogP contribution in [0, 0.1) is 11.8 Å². The average Bonchev–Trinajstić information content (AvgIpc) is 2.57. The lowest BCUT2D eigenvalue weighted by molar-refractivity contribution is -0.122. The molecule has 6 heteroatoms. The highest BCUT2D eigenvalue weighted by Gasteiger charge is 2.24. The Labute approximate surface area is 131 Å². The van der Waals surface area contributed by atoms with E-state index < -0.39 is 0 Å². The van der Waals surface area contributed by atoms with Crippen LogP contribution in [0.1, 0.15) is 31.4 Å². The van der Waals surface area contributed by atoms with Gasteiger partial charge in [0.25, 0.3) is 0 Å². The van der Waals surface area contributed by atoms with E-state index in [0.717, 1.165) is 57.0 Å². The Morgan fingerprint density at radius 2 is 2.09 bits per heavy atom. The van der Waals surface area contributed by atoms with Gasteiger partial charge in [-0.25, -0.2) is 4.98 Å². The van der Waals surface area contributed by atoms with Gasteiger partial charge in [-0.05, 0) is 51.1 Å². The minimum Gasteiger partial charge on any atom is -0.369 e. The molecule has 0 radical (unpaired) electrons. The molecule has 1 atom stereocenters. The number of amides is 1.